The molecule has 0 bridgehead atoms. The SMILES string of the molecule is CCCCCCCCCCCCCCCCC(=O)NCCC[N+](C)(C)CCO. The van der Waals surface area contributed by atoms with Crippen molar-refractivity contribution < 1.29 is 14.4 Å². The third-order valence-electron chi connectivity index (χ3n) is 5.73. The molecular weight excluding hydrogens is 348 g/mol. The lowest BCUT2D eigenvalue weighted by Gasteiger charge is -2.28. The number of aliphatic hydroxyl groups excluding tert-OH is 1. The summed E-state index contributed by atoms with van der Waals surface area (Å²) in [5.74, 6) is 0.200. The van der Waals surface area contributed by atoms with E-state index in [2.05, 4.69) is 26.3 Å². The maximum absolute atomic E-state index is 11.9. The summed E-state index contributed by atoms with van der Waals surface area (Å²) < 4.78 is 0.811. The summed E-state index contributed by atoms with van der Waals surface area (Å²) in [7, 11) is 4.24. The Morgan fingerprint density at radius 1 is 0.714 bits per heavy atom. The van der Waals surface area contributed by atoms with Gasteiger partial charge >= 0.3 is 0 Å². The Labute approximate surface area is 176 Å². The van der Waals surface area contributed by atoms with E-state index in [0.29, 0.717) is 6.42 Å². The molecule has 0 unspecified atom stereocenters. The molecule has 0 radical (unpaired) electrons. The number of hydrogen-bond donors (Lipinski definition) is 2. The summed E-state index contributed by atoms with van der Waals surface area (Å²) in [6.07, 6.45) is 20.5. The van der Waals surface area contributed by atoms with Crippen LogP contribution in [0.5, 0.6) is 0 Å². The van der Waals surface area contributed by atoms with Crippen LogP contribution in [0, 0.1) is 0 Å². The largest absolute Gasteiger partial charge is 0.391 e. The van der Waals surface area contributed by atoms with Gasteiger partial charge in [0.25, 0.3) is 0 Å². The van der Waals surface area contributed by atoms with Gasteiger partial charge in [0.05, 0.1) is 27.2 Å². The minimum Gasteiger partial charge on any atom is -0.391 e. The predicted octanol–water partition coefficient (Wildman–Crippen LogP) is 5.43. The fourth-order valence-corrected chi connectivity index (χ4v) is 3.69. The molecule has 4 nitrogen and oxygen atoms in total. The molecule has 0 aromatic heterocycles. The first-order chi connectivity index (χ1) is 13.5. The molecule has 0 fully saturated rings. The summed E-state index contributed by atoms with van der Waals surface area (Å²) in [5, 5.41) is 12.0. The molecule has 0 aliphatic rings. The fraction of sp³-hybridized carbons (Fsp3) is 0.958. The zero-order valence-electron chi connectivity index (χ0n) is 19.4. The van der Waals surface area contributed by atoms with Crippen LogP contribution in [0.2, 0.25) is 0 Å². The Kier molecular flexibility index (Phi) is 19.3. The molecule has 4 heteroatoms. The molecule has 28 heavy (non-hydrogen) atoms. The normalized spacial score (nSPS) is 11.7. The lowest BCUT2D eigenvalue weighted by Crippen LogP contribution is -2.43. The van der Waals surface area contributed by atoms with E-state index in [1.54, 1.807) is 0 Å². The first kappa shape index (κ1) is 27.4. The Hall–Kier alpha value is -0.610. The summed E-state index contributed by atoms with van der Waals surface area (Å²) >= 11 is 0. The highest BCUT2D eigenvalue weighted by molar-refractivity contribution is 5.75. The second kappa shape index (κ2) is 19.7. The van der Waals surface area contributed by atoms with Crippen molar-refractivity contribution in [2.45, 2.75) is 110 Å². The van der Waals surface area contributed by atoms with Crippen LogP contribution in [0.1, 0.15) is 110 Å². The third-order valence-corrected chi connectivity index (χ3v) is 5.73. The molecular formula is C24H51N2O2+. The van der Waals surface area contributed by atoms with E-state index in [9.17, 15) is 4.79 Å². The van der Waals surface area contributed by atoms with Crippen LogP contribution in [0.4, 0.5) is 0 Å². The topological polar surface area (TPSA) is 49.3 Å². The Morgan fingerprint density at radius 3 is 1.64 bits per heavy atom. The van der Waals surface area contributed by atoms with E-state index < -0.39 is 0 Å². The number of carbonyl (C=O) groups excluding carboxylic acids is 1. The fourth-order valence-electron chi connectivity index (χ4n) is 3.69. The summed E-state index contributed by atoms with van der Waals surface area (Å²) in [4.78, 5) is 11.9. The van der Waals surface area contributed by atoms with Gasteiger partial charge in [-0.2, -0.15) is 0 Å². The molecule has 168 valence electrons. The first-order valence-corrected chi connectivity index (χ1v) is 12.2. The van der Waals surface area contributed by atoms with Crippen LogP contribution in [0.25, 0.3) is 0 Å². The average Bonchev–Trinajstić information content (AvgIpc) is 2.65. The number of rotatable bonds is 21. The van der Waals surface area contributed by atoms with Crippen molar-refractivity contribution in [3.63, 3.8) is 0 Å². The lowest BCUT2D eigenvalue weighted by atomic mass is 10.0. The van der Waals surface area contributed by atoms with Crippen molar-refractivity contribution in [1.82, 2.24) is 5.32 Å². The Morgan fingerprint density at radius 2 is 1.18 bits per heavy atom. The summed E-state index contributed by atoms with van der Waals surface area (Å²) in [6, 6.07) is 0. The van der Waals surface area contributed by atoms with Crippen molar-refractivity contribution >= 4 is 5.91 Å². The maximum atomic E-state index is 11.9. The number of nitrogens with zero attached hydrogens (tertiary/aromatic N) is 1. The molecule has 0 saturated carbocycles. The van der Waals surface area contributed by atoms with Crippen LogP contribution >= 0.6 is 0 Å². The highest BCUT2D eigenvalue weighted by atomic mass is 16.3. The van der Waals surface area contributed by atoms with Crippen LogP contribution < -0.4 is 5.32 Å². The standard InChI is InChI=1S/C24H50N2O2/c1-4-5-6-7-8-9-10-11-12-13-14-15-16-17-19-24(28)25-20-18-21-26(2,3)22-23-27/h27H,4-23H2,1-3H3/p+1. The number of carbonyl (C=O) groups is 1. The van der Waals surface area contributed by atoms with Gasteiger partial charge in [-0.1, -0.05) is 90.4 Å². The molecule has 1 amide bonds. The van der Waals surface area contributed by atoms with Crippen LogP contribution in [0.3, 0.4) is 0 Å². The molecule has 0 aliphatic carbocycles. The van der Waals surface area contributed by atoms with Crippen molar-refractivity contribution in [3.05, 3.63) is 0 Å². The molecule has 0 saturated heterocycles. The monoisotopic (exact) mass is 399 g/mol. The second-order valence-electron chi connectivity index (χ2n) is 9.16. The Balaban J connectivity index is 3.26. The first-order valence-electron chi connectivity index (χ1n) is 12.2. The zero-order valence-corrected chi connectivity index (χ0v) is 19.4. The predicted molar refractivity (Wildman–Crippen MR) is 121 cm³/mol. The van der Waals surface area contributed by atoms with Gasteiger partial charge in [-0.15, -0.1) is 0 Å². The zero-order chi connectivity index (χ0) is 20.9. The van der Waals surface area contributed by atoms with E-state index in [1.165, 1.54) is 83.5 Å². The number of quaternary nitrogens is 1. The van der Waals surface area contributed by atoms with Gasteiger partial charge in [0.2, 0.25) is 5.91 Å². The van der Waals surface area contributed by atoms with Crippen LogP contribution in [0.15, 0.2) is 0 Å². The van der Waals surface area contributed by atoms with E-state index in [1.807, 2.05) is 0 Å². The smallest absolute Gasteiger partial charge is 0.219 e. The van der Waals surface area contributed by atoms with Gasteiger partial charge in [0, 0.05) is 19.4 Å². The third kappa shape index (κ3) is 20.1. The quantitative estimate of drug-likeness (QED) is 0.200. The van der Waals surface area contributed by atoms with Gasteiger partial charge < -0.3 is 14.9 Å². The molecule has 2 N–H and O–H groups in total. The van der Waals surface area contributed by atoms with Crippen LogP contribution in [-0.2, 0) is 4.79 Å². The number of hydrogen-bond acceptors (Lipinski definition) is 2. The summed E-state index contributed by atoms with van der Waals surface area (Å²) in [6.45, 7) is 5.01. The average molecular weight is 400 g/mol. The van der Waals surface area contributed by atoms with E-state index in [0.717, 1.165) is 37.0 Å². The minimum atomic E-state index is 0.200. The molecule has 0 aliphatic heterocycles. The molecule has 0 atom stereocenters. The van der Waals surface area contributed by atoms with Gasteiger partial charge in [0.1, 0.15) is 6.54 Å². The van der Waals surface area contributed by atoms with Gasteiger partial charge in [0.15, 0.2) is 0 Å². The van der Waals surface area contributed by atoms with Crippen molar-refractivity contribution in [2.24, 2.45) is 0 Å². The number of likely N-dealkylation sites (N-methyl/N-ethyl adjacent to an activating group) is 1. The molecule has 0 heterocycles. The van der Waals surface area contributed by atoms with Crippen LogP contribution in [-0.4, -0.2) is 55.8 Å². The van der Waals surface area contributed by atoms with E-state index in [4.69, 9.17) is 5.11 Å². The van der Waals surface area contributed by atoms with E-state index >= 15 is 0 Å². The highest BCUT2D eigenvalue weighted by Gasteiger charge is 2.13. The number of aliphatic hydroxyl groups is 1. The minimum absolute atomic E-state index is 0.200. The molecule has 0 aromatic carbocycles. The highest BCUT2D eigenvalue weighted by Crippen LogP contribution is 2.13. The lowest BCUT2D eigenvalue weighted by molar-refractivity contribution is -0.890. The molecule has 0 spiro atoms. The number of amides is 1. The molecule has 0 aromatic rings. The van der Waals surface area contributed by atoms with E-state index in [-0.39, 0.29) is 12.5 Å². The number of nitrogens with one attached hydrogen (secondary N) is 1. The van der Waals surface area contributed by atoms with Crippen molar-refractivity contribution in [3.8, 4) is 0 Å². The maximum Gasteiger partial charge on any atom is 0.219 e. The molecule has 0 rings (SSSR count). The van der Waals surface area contributed by atoms with Gasteiger partial charge in [-0.25, -0.2) is 0 Å². The van der Waals surface area contributed by atoms with Gasteiger partial charge in [-0.05, 0) is 6.42 Å². The van der Waals surface area contributed by atoms with Gasteiger partial charge in [-0.3, -0.25) is 4.79 Å². The Bertz CT molecular complexity index is 345. The van der Waals surface area contributed by atoms with Crippen molar-refractivity contribution in [1.29, 1.82) is 0 Å². The second-order valence-corrected chi connectivity index (χ2v) is 9.16. The summed E-state index contributed by atoms with van der Waals surface area (Å²) in [5.41, 5.74) is 0. The number of unbranched alkanes of at least 4 members (excludes halogenated alkanes) is 13. The van der Waals surface area contributed by atoms with Crippen molar-refractivity contribution in [2.75, 3.05) is 40.3 Å².